The lowest BCUT2D eigenvalue weighted by Gasteiger charge is -2.02. The summed E-state index contributed by atoms with van der Waals surface area (Å²) in [7, 11) is 1.90. The molecule has 0 aliphatic rings. The van der Waals surface area contributed by atoms with Crippen LogP contribution in [-0.4, -0.2) is 35.5 Å². The molecule has 1 N–H and O–H groups in total. The van der Waals surface area contributed by atoms with Gasteiger partial charge in [0.2, 0.25) is 11.7 Å². The molecule has 0 fully saturated rings. The van der Waals surface area contributed by atoms with E-state index >= 15 is 0 Å². The summed E-state index contributed by atoms with van der Waals surface area (Å²) in [5.74, 6) is 2.11. The van der Waals surface area contributed by atoms with Gasteiger partial charge in [0.25, 0.3) is 0 Å². The van der Waals surface area contributed by atoms with Crippen LogP contribution in [0.3, 0.4) is 0 Å². The van der Waals surface area contributed by atoms with Crippen molar-refractivity contribution in [1.29, 1.82) is 0 Å². The number of aliphatic hydroxyl groups excluding tert-OH is 1. The van der Waals surface area contributed by atoms with Crippen LogP contribution >= 0.6 is 11.8 Å². The third-order valence-corrected chi connectivity index (χ3v) is 4.51. The summed E-state index contributed by atoms with van der Waals surface area (Å²) in [5, 5.41) is 14.0. The summed E-state index contributed by atoms with van der Waals surface area (Å²) in [5.41, 5.74) is 1.71. The molecule has 23 heavy (non-hydrogen) atoms. The Hall–Kier alpha value is -2.19. The molecule has 0 aliphatic carbocycles. The first-order valence-corrected chi connectivity index (χ1v) is 8.23. The van der Waals surface area contributed by atoms with E-state index in [1.165, 1.54) is 0 Å². The van der Waals surface area contributed by atoms with Gasteiger partial charge < -0.3 is 14.2 Å². The van der Waals surface area contributed by atoms with E-state index in [4.69, 9.17) is 9.63 Å². The van der Waals surface area contributed by atoms with Crippen molar-refractivity contribution in [3.8, 4) is 11.4 Å². The number of aliphatic hydroxyl groups is 1. The van der Waals surface area contributed by atoms with E-state index in [-0.39, 0.29) is 6.61 Å². The van der Waals surface area contributed by atoms with Crippen LogP contribution in [0, 0.1) is 0 Å². The Morgan fingerprint density at radius 3 is 2.87 bits per heavy atom. The van der Waals surface area contributed by atoms with Crippen LogP contribution < -0.4 is 0 Å². The highest BCUT2D eigenvalue weighted by Gasteiger charge is 2.09. The highest BCUT2D eigenvalue weighted by molar-refractivity contribution is 7.99. The molecular formula is C15H17N5O2S. The molecular weight excluding hydrogens is 314 g/mol. The van der Waals surface area contributed by atoms with Crippen molar-refractivity contribution in [3.63, 3.8) is 0 Å². The first-order chi connectivity index (χ1) is 11.3. The van der Waals surface area contributed by atoms with Crippen LogP contribution in [0.25, 0.3) is 11.4 Å². The van der Waals surface area contributed by atoms with Gasteiger partial charge in [0.1, 0.15) is 0 Å². The second-order valence-electron chi connectivity index (χ2n) is 4.95. The predicted molar refractivity (Wildman–Crippen MR) is 85.7 cm³/mol. The maximum Gasteiger partial charge on any atom is 0.226 e. The van der Waals surface area contributed by atoms with Crippen LogP contribution in [0.5, 0.6) is 0 Å². The van der Waals surface area contributed by atoms with E-state index in [0.29, 0.717) is 11.7 Å². The van der Waals surface area contributed by atoms with E-state index in [1.54, 1.807) is 30.4 Å². The van der Waals surface area contributed by atoms with Gasteiger partial charge in [-0.1, -0.05) is 16.9 Å². The Bertz CT molecular complexity index is 756. The van der Waals surface area contributed by atoms with Crippen molar-refractivity contribution in [1.82, 2.24) is 24.7 Å². The molecule has 3 aromatic rings. The van der Waals surface area contributed by atoms with Gasteiger partial charge in [-0.2, -0.15) is 4.98 Å². The molecule has 0 saturated carbocycles. The van der Waals surface area contributed by atoms with E-state index in [0.717, 1.165) is 35.0 Å². The molecule has 3 rings (SSSR count). The minimum Gasteiger partial charge on any atom is -0.390 e. The molecule has 0 amide bonds. The zero-order valence-electron chi connectivity index (χ0n) is 12.7. The fraction of sp³-hybridized carbons (Fsp3) is 0.333. The Labute approximate surface area is 137 Å². The van der Waals surface area contributed by atoms with Gasteiger partial charge in [0.15, 0.2) is 5.16 Å². The SMILES string of the molecule is Cn1c(CO)cnc1SCCCc1nc(-c2ccncc2)no1. The molecule has 3 aromatic heterocycles. The number of thioether (sulfide) groups is 1. The normalized spacial score (nSPS) is 11.0. The second kappa shape index (κ2) is 7.38. The van der Waals surface area contributed by atoms with Crippen LogP contribution in [0.4, 0.5) is 0 Å². The van der Waals surface area contributed by atoms with E-state index in [2.05, 4.69) is 20.1 Å². The van der Waals surface area contributed by atoms with E-state index < -0.39 is 0 Å². The lowest BCUT2D eigenvalue weighted by molar-refractivity contribution is 0.271. The summed E-state index contributed by atoms with van der Waals surface area (Å²) in [6.45, 7) is 0.00380. The number of imidazole rings is 1. The number of nitrogens with zero attached hydrogens (tertiary/aromatic N) is 5. The number of hydrogen-bond donors (Lipinski definition) is 1. The minimum absolute atomic E-state index is 0.00380. The van der Waals surface area contributed by atoms with Crippen molar-refractivity contribution in [2.75, 3.05) is 5.75 Å². The fourth-order valence-corrected chi connectivity index (χ4v) is 2.98. The Morgan fingerprint density at radius 2 is 2.13 bits per heavy atom. The highest BCUT2D eigenvalue weighted by Crippen LogP contribution is 2.19. The lowest BCUT2D eigenvalue weighted by Crippen LogP contribution is -1.98. The number of hydrogen-bond acceptors (Lipinski definition) is 7. The molecule has 7 nitrogen and oxygen atoms in total. The Balaban J connectivity index is 1.49. The average Bonchev–Trinajstić information content (AvgIpc) is 3.19. The lowest BCUT2D eigenvalue weighted by atomic mass is 10.2. The zero-order chi connectivity index (χ0) is 16.1. The maximum atomic E-state index is 9.15. The average molecular weight is 331 g/mol. The zero-order valence-corrected chi connectivity index (χ0v) is 13.5. The molecule has 0 aliphatic heterocycles. The summed E-state index contributed by atoms with van der Waals surface area (Å²) in [6.07, 6.45) is 6.73. The van der Waals surface area contributed by atoms with Gasteiger partial charge in [-0.05, 0) is 18.6 Å². The quantitative estimate of drug-likeness (QED) is 0.523. The first kappa shape index (κ1) is 15.7. The monoisotopic (exact) mass is 331 g/mol. The van der Waals surface area contributed by atoms with Crippen LogP contribution in [-0.2, 0) is 20.1 Å². The van der Waals surface area contributed by atoms with Crippen LogP contribution in [0.2, 0.25) is 0 Å². The van der Waals surface area contributed by atoms with Crippen LogP contribution in [0.1, 0.15) is 18.0 Å². The maximum absolute atomic E-state index is 9.15. The van der Waals surface area contributed by atoms with Gasteiger partial charge in [-0.15, -0.1) is 0 Å². The molecule has 0 saturated heterocycles. The number of aromatic nitrogens is 5. The van der Waals surface area contributed by atoms with Crippen molar-refractivity contribution >= 4 is 11.8 Å². The number of aryl methyl sites for hydroxylation is 1. The Morgan fingerprint density at radius 1 is 1.30 bits per heavy atom. The number of rotatable bonds is 7. The van der Waals surface area contributed by atoms with Crippen LogP contribution in [0.15, 0.2) is 40.4 Å². The molecule has 0 atom stereocenters. The first-order valence-electron chi connectivity index (χ1n) is 7.25. The summed E-state index contributed by atoms with van der Waals surface area (Å²) in [6, 6.07) is 3.70. The van der Waals surface area contributed by atoms with Gasteiger partial charge in [0.05, 0.1) is 18.5 Å². The van der Waals surface area contributed by atoms with Crippen molar-refractivity contribution in [3.05, 3.63) is 42.3 Å². The highest BCUT2D eigenvalue weighted by atomic mass is 32.2. The smallest absolute Gasteiger partial charge is 0.226 e. The molecule has 0 radical (unpaired) electrons. The summed E-state index contributed by atoms with van der Waals surface area (Å²) >= 11 is 1.65. The van der Waals surface area contributed by atoms with Crippen molar-refractivity contribution in [2.45, 2.75) is 24.6 Å². The fourth-order valence-electron chi connectivity index (χ4n) is 2.07. The predicted octanol–water partition coefficient (Wildman–Crippen LogP) is 2.08. The largest absolute Gasteiger partial charge is 0.390 e. The van der Waals surface area contributed by atoms with Gasteiger partial charge >= 0.3 is 0 Å². The molecule has 0 aromatic carbocycles. The summed E-state index contributed by atoms with van der Waals surface area (Å²) < 4.78 is 7.17. The van der Waals surface area contributed by atoms with E-state index in [9.17, 15) is 0 Å². The molecule has 0 spiro atoms. The van der Waals surface area contributed by atoms with Crippen molar-refractivity contribution in [2.24, 2.45) is 7.05 Å². The molecule has 8 heteroatoms. The molecule has 0 bridgehead atoms. The van der Waals surface area contributed by atoms with E-state index in [1.807, 2.05) is 23.7 Å². The Kier molecular flexibility index (Phi) is 5.04. The van der Waals surface area contributed by atoms with Gasteiger partial charge in [-0.25, -0.2) is 4.98 Å². The standard InChI is InChI=1S/C15H17N5O2S/c1-20-12(10-21)9-17-15(20)23-8-2-3-13-18-14(19-22-13)11-4-6-16-7-5-11/h4-7,9,21H,2-3,8,10H2,1H3. The second-order valence-corrected chi connectivity index (χ2v) is 6.01. The third kappa shape index (κ3) is 3.77. The summed E-state index contributed by atoms with van der Waals surface area (Å²) in [4.78, 5) is 12.6. The number of pyridine rings is 1. The molecule has 3 heterocycles. The third-order valence-electron chi connectivity index (χ3n) is 3.38. The minimum atomic E-state index is 0.00380. The topological polar surface area (TPSA) is 89.9 Å². The molecule has 0 unspecified atom stereocenters. The van der Waals surface area contributed by atoms with Gasteiger partial charge in [-0.3, -0.25) is 4.98 Å². The van der Waals surface area contributed by atoms with Crippen molar-refractivity contribution < 1.29 is 9.63 Å². The van der Waals surface area contributed by atoms with Gasteiger partial charge in [0, 0.05) is 37.2 Å². The molecule has 120 valence electrons.